The summed E-state index contributed by atoms with van der Waals surface area (Å²) in [5.41, 5.74) is 0. The number of carbonyl (C=O) groups is 2. The van der Waals surface area contributed by atoms with Gasteiger partial charge in [-0.15, -0.1) is 0 Å². The van der Waals surface area contributed by atoms with E-state index >= 15 is 0 Å². The monoisotopic (exact) mass is 239 g/mol. The zero-order valence-corrected chi connectivity index (χ0v) is 8.70. The molecule has 96 valence electrons. The second-order valence-corrected chi connectivity index (χ2v) is 3.09. The van der Waals surface area contributed by atoms with Crippen LogP contribution in [0.2, 0.25) is 0 Å². The smallest absolute Gasteiger partial charge is 0.217 e. The number of aliphatic hydroxyl groups is 4. The highest BCUT2D eigenvalue weighted by atomic mass is 16.4. The lowest BCUT2D eigenvalue weighted by molar-refractivity contribution is -0.129. The maximum Gasteiger partial charge on any atom is 0.217 e. The van der Waals surface area contributed by atoms with Crippen molar-refractivity contribution in [3.63, 3.8) is 0 Å². The van der Waals surface area contributed by atoms with Gasteiger partial charge in [0.25, 0.3) is 0 Å². The Morgan fingerprint density at radius 3 is 2.12 bits per heavy atom. The highest BCUT2D eigenvalue weighted by Crippen LogP contribution is 2.03. The van der Waals surface area contributed by atoms with Crippen molar-refractivity contribution in [3.05, 3.63) is 0 Å². The summed E-state index contributed by atoms with van der Waals surface area (Å²) in [7, 11) is 0. The molecule has 4 unspecified atom stereocenters. The summed E-state index contributed by atoms with van der Waals surface area (Å²) in [4.78, 5) is 21.1. The minimum Gasteiger partial charge on any atom is -0.412 e. The Hall–Kier alpha value is -1.06. The lowest BCUT2D eigenvalue weighted by Gasteiger charge is -2.25. The van der Waals surface area contributed by atoms with Crippen LogP contribution < -0.4 is 5.32 Å². The highest BCUT2D eigenvalue weighted by Gasteiger charge is 2.31. The Morgan fingerprint density at radius 1 is 1.31 bits per heavy atom. The summed E-state index contributed by atoms with van der Waals surface area (Å²) in [6, 6.07) is -1.32. The molecule has 0 aromatic rings. The molecule has 0 aliphatic heterocycles. The van der Waals surface area contributed by atoms with Gasteiger partial charge in [-0.05, 0) is 0 Å². The zero-order chi connectivity index (χ0) is 12.0. The molecule has 0 saturated heterocycles. The SMILES string of the molecule is CC(=O)NC(C=O)C(O)C(O)C(O)CO.O. The fourth-order valence-electron chi connectivity index (χ4n) is 0.983. The van der Waals surface area contributed by atoms with E-state index in [1.165, 1.54) is 0 Å². The molecule has 16 heavy (non-hydrogen) atoms. The van der Waals surface area contributed by atoms with Crippen molar-refractivity contribution >= 4 is 12.2 Å². The van der Waals surface area contributed by atoms with Crippen molar-refractivity contribution in [2.45, 2.75) is 31.3 Å². The van der Waals surface area contributed by atoms with Gasteiger partial charge in [0.2, 0.25) is 5.91 Å². The van der Waals surface area contributed by atoms with Crippen LogP contribution in [0.25, 0.3) is 0 Å². The molecule has 0 bridgehead atoms. The number of amides is 1. The number of rotatable bonds is 6. The normalized spacial score (nSPS) is 17.6. The third-order valence-electron chi connectivity index (χ3n) is 1.82. The van der Waals surface area contributed by atoms with Gasteiger partial charge in [-0.1, -0.05) is 0 Å². The second kappa shape index (κ2) is 8.13. The summed E-state index contributed by atoms with van der Waals surface area (Å²) in [6.07, 6.45) is -4.72. The molecule has 0 spiro atoms. The first-order valence-electron chi connectivity index (χ1n) is 4.31. The number of aliphatic hydroxyl groups excluding tert-OH is 4. The maximum absolute atomic E-state index is 10.6. The fraction of sp³-hybridized carbons (Fsp3) is 0.750. The van der Waals surface area contributed by atoms with Gasteiger partial charge >= 0.3 is 0 Å². The minimum absolute atomic E-state index is 0. The zero-order valence-electron chi connectivity index (χ0n) is 8.70. The Morgan fingerprint density at radius 2 is 1.81 bits per heavy atom. The molecule has 1 amide bonds. The number of carbonyl (C=O) groups excluding carboxylic acids is 2. The first-order valence-corrected chi connectivity index (χ1v) is 4.31. The van der Waals surface area contributed by atoms with Crippen LogP contribution in [-0.2, 0) is 9.59 Å². The molecule has 8 nitrogen and oxygen atoms in total. The third-order valence-corrected chi connectivity index (χ3v) is 1.82. The van der Waals surface area contributed by atoms with Crippen LogP contribution in [0.1, 0.15) is 6.92 Å². The minimum atomic E-state index is -1.71. The Labute approximate surface area is 91.8 Å². The lowest BCUT2D eigenvalue weighted by Crippen LogP contribution is -2.53. The molecule has 0 saturated carbocycles. The van der Waals surface area contributed by atoms with Crippen LogP contribution in [0.3, 0.4) is 0 Å². The number of hydrogen-bond acceptors (Lipinski definition) is 6. The van der Waals surface area contributed by atoms with Gasteiger partial charge < -0.3 is 36.0 Å². The van der Waals surface area contributed by atoms with Crippen molar-refractivity contribution in [1.29, 1.82) is 0 Å². The number of aldehydes is 1. The van der Waals surface area contributed by atoms with E-state index in [1.807, 2.05) is 0 Å². The summed E-state index contributed by atoms with van der Waals surface area (Å²) in [5.74, 6) is -0.558. The van der Waals surface area contributed by atoms with Crippen LogP contribution in [0, 0.1) is 0 Å². The predicted molar refractivity (Wildman–Crippen MR) is 52.4 cm³/mol. The van der Waals surface area contributed by atoms with Gasteiger partial charge in [-0.2, -0.15) is 0 Å². The predicted octanol–water partition coefficient (Wildman–Crippen LogP) is -4.06. The summed E-state index contributed by atoms with van der Waals surface area (Å²) in [5, 5.41) is 38.2. The van der Waals surface area contributed by atoms with E-state index in [0.29, 0.717) is 0 Å². The van der Waals surface area contributed by atoms with Gasteiger partial charge in [-0.25, -0.2) is 0 Å². The Kier molecular flexibility index (Phi) is 8.81. The van der Waals surface area contributed by atoms with E-state index in [2.05, 4.69) is 5.32 Å². The topological polar surface area (TPSA) is 159 Å². The highest BCUT2D eigenvalue weighted by molar-refractivity contribution is 5.77. The average molecular weight is 239 g/mol. The van der Waals surface area contributed by atoms with E-state index in [1.54, 1.807) is 0 Å². The lowest BCUT2D eigenvalue weighted by atomic mass is 10.0. The van der Waals surface area contributed by atoms with E-state index in [0.717, 1.165) is 6.92 Å². The van der Waals surface area contributed by atoms with Crippen molar-refractivity contribution in [2.75, 3.05) is 6.61 Å². The average Bonchev–Trinajstić information content (AvgIpc) is 2.22. The molecule has 0 aromatic heterocycles. The van der Waals surface area contributed by atoms with E-state index in [9.17, 15) is 19.8 Å². The van der Waals surface area contributed by atoms with Crippen LogP contribution in [0.4, 0.5) is 0 Å². The van der Waals surface area contributed by atoms with Crippen molar-refractivity contribution in [2.24, 2.45) is 0 Å². The maximum atomic E-state index is 10.6. The second-order valence-electron chi connectivity index (χ2n) is 3.09. The van der Waals surface area contributed by atoms with Crippen LogP contribution in [-0.4, -0.2) is 69.1 Å². The van der Waals surface area contributed by atoms with Crippen LogP contribution >= 0.6 is 0 Å². The van der Waals surface area contributed by atoms with Gasteiger partial charge in [0.05, 0.1) is 6.61 Å². The molecule has 0 aliphatic rings. The van der Waals surface area contributed by atoms with Crippen molar-refractivity contribution in [1.82, 2.24) is 5.32 Å². The molecule has 0 aromatic carbocycles. The summed E-state index contributed by atoms with van der Waals surface area (Å²) < 4.78 is 0. The molecule has 0 heterocycles. The van der Waals surface area contributed by atoms with Crippen molar-refractivity contribution < 1.29 is 35.5 Å². The number of hydrogen-bond donors (Lipinski definition) is 5. The molecule has 0 fully saturated rings. The molecular weight excluding hydrogens is 222 g/mol. The van der Waals surface area contributed by atoms with Gasteiger partial charge in [0.15, 0.2) is 0 Å². The largest absolute Gasteiger partial charge is 0.412 e. The van der Waals surface area contributed by atoms with E-state index in [-0.39, 0.29) is 11.8 Å². The molecule has 0 radical (unpaired) electrons. The first kappa shape index (κ1) is 17.3. The summed E-state index contributed by atoms with van der Waals surface area (Å²) >= 11 is 0. The standard InChI is InChI=1S/C8H15NO6.H2O/c1-4(12)9-5(2-10)7(14)8(15)6(13)3-11;/h2,5-8,11,13-15H,3H2,1H3,(H,9,12);1H2. The molecule has 4 atom stereocenters. The molecule has 8 heteroatoms. The van der Waals surface area contributed by atoms with Gasteiger partial charge in [0.1, 0.15) is 30.6 Å². The van der Waals surface area contributed by atoms with E-state index < -0.39 is 36.9 Å². The fourth-order valence-corrected chi connectivity index (χ4v) is 0.983. The first-order chi connectivity index (χ1) is 6.93. The van der Waals surface area contributed by atoms with Crippen LogP contribution in [0.15, 0.2) is 0 Å². The summed E-state index contributed by atoms with van der Waals surface area (Å²) in [6.45, 7) is 0.377. The van der Waals surface area contributed by atoms with Gasteiger partial charge in [0, 0.05) is 6.92 Å². The van der Waals surface area contributed by atoms with Crippen molar-refractivity contribution in [3.8, 4) is 0 Å². The molecular formula is C8H17NO7. The number of nitrogens with one attached hydrogen (secondary N) is 1. The van der Waals surface area contributed by atoms with E-state index in [4.69, 9.17) is 10.2 Å². The quantitative estimate of drug-likeness (QED) is 0.296. The Balaban J connectivity index is 0. The molecule has 0 rings (SSSR count). The molecule has 7 N–H and O–H groups in total. The van der Waals surface area contributed by atoms with Crippen LogP contribution in [0.5, 0.6) is 0 Å². The third kappa shape index (κ3) is 5.14. The Bertz CT molecular complexity index is 222. The van der Waals surface area contributed by atoms with Gasteiger partial charge in [-0.3, -0.25) is 4.79 Å². The molecule has 0 aliphatic carbocycles.